The second-order valence-corrected chi connectivity index (χ2v) is 9.68. The molecular formula is C25H32ClN3O3. The molecule has 2 N–H and O–H groups in total. The van der Waals surface area contributed by atoms with Crippen LogP contribution in [-0.4, -0.2) is 35.7 Å². The van der Waals surface area contributed by atoms with E-state index >= 15 is 0 Å². The van der Waals surface area contributed by atoms with Crippen molar-refractivity contribution in [2.45, 2.75) is 52.2 Å². The van der Waals surface area contributed by atoms with E-state index in [0.29, 0.717) is 17.5 Å². The first kappa shape index (κ1) is 23.9. The number of amides is 3. The molecule has 0 aliphatic carbocycles. The van der Waals surface area contributed by atoms with Crippen molar-refractivity contribution in [3.05, 3.63) is 64.7 Å². The molecule has 0 atom stereocenters. The van der Waals surface area contributed by atoms with Gasteiger partial charge in [0.2, 0.25) is 0 Å². The molecule has 1 aliphatic rings. The molecule has 0 radical (unpaired) electrons. The van der Waals surface area contributed by atoms with E-state index in [0.717, 1.165) is 43.6 Å². The number of carbonyl (C=O) groups is 2. The van der Waals surface area contributed by atoms with E-state index in [2.05, 4.69) is 22.8 Å². The van der Waals surface area contributed by atoms with Gasteiger partial charge in [0.15, 0.2) is 0 Å². The van der Waals surface area contributed by atoms with Crippen molar-refractivity contribution in [1.29, 1.82) is 0 Å². The van der Waals surface area contributed by atoms with Gasteiger partial charge < -0.3 is 20.3 Å². The molecule has 7 heteroatoms. The molecule has 32 heavy (non-hydrogen) atoms. The second kappa shape index (κ2) is 10.7. The van der Waals surface area contributed by atoms with Gasteiger partial charge >= 0.3 is 12.1 Å². The zero-order chi connectivity index (χ0) is 23.1. The molecule has 0 saturated carbocycles. The number of piperidine rings is 1. The fourth-order valence-electron chi connectivity index (χ4n) is 3.66. The summed E-state index contributed by atoms with van der Waals surface area (Å²) < 4.78 is 5.46. The van der Waals surface area contributed by atoms with Crippen LogP contribution in [0.25, 0.3) is 0 Å². The Morgan fingerprint density at radius 1 is 1.00 bits per heavy atom. The minimum Gasteiger partial charge on any atom is -0.444 e. The lowest BCUT2D eigenvalue weighted by Gasteiger charge is -2.33. The summed E-state index contributed by atoms with van der Waals surface area (Å²) in [7, 11) is 0. The Bertz CT molecular complexity index is 900. The standard InChI is InChI=1S/C25H32ClN3O3/c1-25(2,3)32-24(31)29-14-12-19(13-15-29)16-18-6-10-22(11-7-18)28-23(30)27-17-20-4-8-21(26)9-5-20/h4-11,19H,12-17H2,1-3H3,(H2,27,28,30). The van der Waals surface area contributed by atoms with Crippen molar-refractivity contribution in [2.75, 3.05) is 18.4 Å². The first-order valence-corrected chi connectivity index (χ1v) is 11.4. The van der Waals surface area contributed by atoms with Crippen LogP contribution in [0.2, 0.25) is 5.02 Å². The third-order valence-corrected chi connectivity index (χ3v) is 5.62. The molecule has 0 bridgehead atoms. The maximum atomic E-state index is 12.2. The Labute approximate surface area is 195 Å². The van der Waals surface area contributed by atoms with Crippen molar-refractivity contribution in [3.8, 4) is 0 Å². The van der Waals surface area contributed by atoms with Gasteiger partial charge in [-0.3, -0.25) is 0 Å². The molecule has 1 fully saturated rings. The first-order chi connectivity index (χ1) is 15.2. The van der Waals surface area contributed by atoms with E-state index in [1.165, 1.54) is 5.56 Å². The monoisotopic (exact) mass is 457 g/mol. The van der Waals surface area contributed by atoms with Crippen LogP contribution in [0, 0.1) is 5.92 Å². The lowest BCUT2D eigenvalue weighted by atomic mass is 9.90. The van der Waals surface area contributed by atoms with Gasteiger partial charge in [-0.1, -0.05) is 35.9 Å². The second-order valence-electron chi connectivity index (χ2n) is 9.25. The number of halogens is 1. The number of carbonyl (C=O) groups excluding carboxylic acids is 2. The summed E-state index contributed by atoms with van der Waals surface area (Å²) in [5, 5.41) is 6.37. The van der Waals surface area contributed by atoms with Gasteiger partial charge in [-0.05, 0) is 81.3 Å². The molecule has 3 rings (SSSR count). The molecule has 1 aliphatic heterocycles. The minimum absolute atomic E-state index is 0.222. The van der Waals surface area contributed by atoms with Crippen LogP contribution in [-0.2, 0) is 17.7 Å². The van der Waals surface area contributed by atoms with Gasteiger partial charge in [0.25, 0.3) is 0 Å². The molecule has 0 aromatic heterocycles. The smallest absolute Gasteiger partial charge is 0.410 e. The van der Waals surface area contributed by atoms with E-state index in [1.807, 2.05) is 45.0 Å². The summed E-state index contributed by atoms with van der Waals surface area (Å²) in [5.41, 5.74) is 2.50. The average Bonchev–Trinajstić information content (AvgIpc) is 2.74. The lowest BCUT2D eigenvalue weighted by Crippen LogP contribution is -2.42. The van der Waals surface area contributed by atoms with E-state index in [-0.39, 0.29) is 12.1 Å². The lowest BCUT2D eigenvalue weighted by molar-refractivity contribution is 0.0184. The van der Waals surface area contributed by atoms with Gasteiger partial charge in [0.1, 0.15) is 5.60 Å². The largest absolute Gasteiger partial charge is 0.444 e. The Balaban J connectivity index is 1.40. The number of hydrogen-bond acceptors (Lipinski definition) is 3. The number of hydrogen-bond donors (Lipinski definition) is 2. The SMILES string of the molecule is CC(C)(C)OC(=O)N1CCC(Cc2ccc(NC(=O)NCc3ccc(Cl)cc3)cc2)CC1. The van der Waals surface area contributed by atoms with E-state index in [4.69, 9.17) is 16.3 Å². The molecule has 2 aromatic carbocycles. The normalized spacial score (nSPS) is 14.7. The predicted octanol–water partition coefficient (Wildman–Crippen LogP) is 5.85. The molecule has 1 heterocycles. The van der Waals surface area contributed by atoms with Crippen LogP contribution in [0.1, 0.15) is 44.7 Å². The maximum Gasteiger partial charge on any atom is 0.410 e. The molecule has 6 nitrogen and oxygen atoms in total. The van der Waals surface area contributed by atoms with Crippen LogP contribution in [0.15, 0.2) is 48.5 Å². The third kappa shape index (κ3) is 7.75. The fraction of sp³-hybridized carbons (Fsp3) is 0.440. The van der Waals surface area contributed by atoms with Crippen LogP contribution >= 0.6 is 11.6 Å². The number of likely N-dealkylation sites (tertiary alicyclic amines) is 1. The zero-order valence-electron chi connectivity index (χ0n) is 19.0. The Kier molecular flexibility index (Phi) is 8.02. The molecular weight excluding hydrogens is 426 g/mol. The summed E-state index contributed by atoms with van der Waals surface area (Å²) >= 11 is 5.88. The highest BCUT2D eigenvalue weighted by atomic mass is 35.5. The molecule has 2 aromatic rings. The quantitative estimate of drug-likeness (QED) is 0.591. The van der Waals surface area contributed by atoms with E-state index in [1.54, 1.807) is 17.0 Å². The van der Waals surface area contributed by atoms with Crippen molar-refractivity contribution in [3.63, 3.8) is 0 Å². The number of benzene rings is 2. The Morgan fingerprint density at radius 2 is 1.59 bits per heavy atom. The summed E-state index contributed by atoms with van der Waals surface area (Å²) in [6.45, 7) is 7.56. The minimum atomic E-state index is -0.462. The molecule has 1 saturated heterocycles. The van der Waals surface area contributed by atoms with Gasteiger partial charge in [-0.15, -0.1) is 0 Å². The summed E-state index contributed by atoms with van der Waals surface area (Å²) in [6.07, 6.45) is 2.67. The van der Waals surface area contributed by atoms with Crippen LogP contribution in [0.4, 0.5) is 15.3 Å². The summed E-state index contributed by atoms with van der Waals surface area (Å²) in [5.74, 6) is 0.537. The van der Waals surface area contributed by atoms with Crippen LogP contribution in [0.5, 0.6) is 0 Å². The number of nitrogens with zero attached hydrogens (tertiary/aromatic N) is 1. The highest BCUT2D eigenvalue weighted by Gasteiger charge is 2.26. The van der Waals surface area contributed by atoms with Crippen molar-refractivity contribution >= 4 is 29.4 Å². The molecule has 0 spiro atoms. The molecule has 172 valence electrons. The number of urea groups is 1. The van der Waals surface area contributed by atoms with E-state index in [9.17, 15) is 9.59 Å². The van der Waals surface area contributed by atoms with Crippen LogP contribution in [0.3, 0.4) is 0 Å². The highest BCUT2D eigenvalue weighted by molar-refractivity contribution is 6.30. The number of rotatable bonds is 5. The Hall–Kier alpha value is -2.73. The summed E-state index contributed by atoms with van der Waals surface area (Å²) in [6, 6.07) is 15.1. The van der Waals surface area contributed by atoms with Gasteiger partial charge in [-0.2, -0.15) is 0 Å². The topological polar surface area (TPSA) is 70.7 Å². The number of ether oxygens (including phenoxy) is 1. The van der Waals surface area contributed by atoms with Gasteiger partial charge in [0.05, 0.1) is 0 Å². The van der Waals surface area contributed by atoms with Crippen LogP contribution < -0.4 is 10.6 Å². The third-order valence-electron chi connectivity index (χ3n) is 5.37. The predicted molar refractivity (Wildman–Crippen MR) is 128 cm³/mol. The van der Waals surface area contributed by atoms with Gasteiger partial charge in [-0.25, -0.2) is 9.59 Å². The maximum absolute atomic E-state index is 12.2. The number of anilines is 1. The van der Waals surface area contributed by atoms with E-state index < -0.39 is 5.60 Å². The molecule has 3 amide bonds. The Morgan fingerprint density at radius 3 is 2.19 bits per heavy atom. The van der Waals surface area contributed by atoms with Crippen molar-refractivity contribution in [1.82, 2.24) is 10.2 Å². The molecule has 0 unspecified atom stereocenters. The summed E-state index contributed by atoms with van der Waals surface area (Å²) in [4.78, 5) is 26.1. The van der Waals surface area contributed by atoms with Crippen molar-refractivity contribution < 1.29 is 14.3 Å². The number of nitrogens with one attached hydrogen (secondary N) is 2. The first-order valence-electron chi connectivity index (χ1n) is 11.0. The zero-order valence-corrected chi connectivity index (χ0v) is 19.7. The fourth-order valence-corrected chi connectivity index (χ4v) is 3.79. The highest BCUT2D eigenvalue weighted by Crippen LogP contribution is 2.24. The van der Waals surface area contributed by atoms with Crippen molar-refractivity contribution in [2.24, 2.45) is 5.92 Å². The van der Waals surface area contributed by atoms with Gasteiger partial charge in [0, 0.05) is 30.3 Å². The average molecular weight is 458 g/mol.